The van der Waals surface area contributed by atoms with Crippen LogP contribution >= 0.6 is 15.9 Å². The molecule has 140 valence electrons. The monoisotopic (exact) mass is 420 g/mol. The minimum atomic E-state index is -0.137. The summed E-state index contributed by atoms with van der Waals surface area (Å²) in [6, 6.07) is 8.66. The van der Waals surface area contributed by atoms with Gasteiger partial charge >= 0.3 is 0 Å². The summed E-state index contributed by atoms with van der Waals surface area (Å²) in [5.41, 5.74) is 1.90. The standard InChI is InChI=1S/C19H25BrN4O2/c1-23-10-4-5-14(18(23)13-6-8-15(26-3)9-7-13)11-21-16-12-22-24(2)19(25)17(16)20/h6-9,12,14,18,21H,4-5,10-11H2,1-3H3. The van der Waals surface area contributed by atoms with E-state index in [-0.39, 0.29) is 5.56 Å². The second-order valence-corrected chi connectivity index (χ2v) is 7.58. The maximum Gasteiger partial charge on any atom is 0.282 e. The smallest absolute Gasteiger partial charge is 0.282 e. The number of benzene rings is 1. The number of halogens is 1. The lowest BCUT2D eigenvalue weighted by molar-refractivity contribution is 0.128. The minimum absolute atomic E-state index is 0.137. The third-order valence-corrected chi connectivity index (χ3v) is 5.86. The topological polar surface area (TPSA) is 59.4 Å². The average molecular weight is 421 g/mol. The molecular weight excluding hydrogens is 396 g/mol. The molecule has 1 aliphatic rings. The van der Waals surface area contributed by atoms with E-state index in [9.17, 15) is 4.79 Å². The SMILES string of the molecule is COc1ccc(C2C(CNc3cnn(C)c(=O)c3Br)CCCN2C)cc1. The predicted octanol–water partition coefficient (Wildman–Crippen LogP) is 3.05. The highest BCUT2D eigenvalue weighted by Gasteiger charge is 2.30. The summed E-state index contributed by atoms with van der Waals surface area (Å²) in [5, 5.41) is 7.52. The summed E-state index contributed by atoms with van der Waals surface area (Å²) in [5.74, 6) is 1.31. The summed E-state index contributed by atoms with van der Waals surface area (Å²) >= 11 is 3.38. The van der Waals surface area contributed by atoms with Crippen LogP contribution in [0.5, 0.6) is 5.75 Å². The molecule has 6 nitrogen and oxygen atoms in total. The molecule has 0 saturated carbocycles. The largest absolute Gasteiger partial charge is 0.497 e. The Morgan fingerprint density at radius 2 is 2.04 bits per heavy atom. The third-order valence-electron chi connectivity index (χ3n) is 5.10. The van der Waals surface area contributed by atoms with Crippen LogP contribution in [0.2, 0.25) is 0 Å². The number of piperidine rings is 1. The maximum absolute atomic E-state index is 12.0. The number of hydrogen-bond acceptors (Lipinski definition) is 5. The number of hydrogen-bond donors (Lipinski definition) is 1. The molecule has 0 bridgehead atoms. The van der Waals surface area contributed by atoms with Crippen molar-refractivity contribution in [3.63, 3.8) is 0 Å². The fraction of sp³-hybridized carbons (Fsp3) is 0.474. The van der Waals surface area contributed by atoms with E-state index in [4.69, 9.17) is 4.74 Å². The van der Waals surface area contributed by atoms with Gasteiger partial charge in [0.25, 0.3) is 5.56 Å². The Kier molecular flexibility index (Phi) is 5.98. The highest BCUT2D eigenvalue weighted by Crippen LogP contribution is 2.36. The Balaban J connectivity index is 1.78. The average Bonchev–Trinajstić information content (AvgIpc) is 2.66. The molecule has 1 saturated heterocycles. The molecule has 0 radical (unpaired) electrons. The van der Waals surface area contributed by atoms with Crippen LogP contribution in [0.25, 0.3) is 0 Å². The number of nitrogens with one attached hydrogen (secondary N) is 1. The van der Waals surface area contributed by atoms with E-state index in [1.54, 1.807) is 20.4 Å². The molecule has 2 atom stereocenters. The molecule has 2 unspecified atom stereocenters. The second kappa shape index (κ2) is 8.22. The molecule has 1 aromatic carbocycles. The predicted molar refractivity (Wildman–Crippen MR) is 107 cm³/mol. The Hall–Kier alpha value is -1.86. The van der Waals surface area contributed by atoms with Crippen LogP contribution in [0.4, 0.5) is 5.69 Å². The van der Waals surface area contributed by atoms with Gasteiger partial charge in [0.2, 0.25) is 0 Å². The molecule has 0 spiro atoms. The van der Waals surface area contributed by atoms with E-state index in [0.29, 0.717) is 16.4 Å². The second-order valence-electron chi connectivity index (χ2n) is 6.78. The van der Waals surface area contributed by atoms with E-state index in [2.05, 4.69) is 50.4 Å². The van der Waals surface area contributed by atoms with Gasteiger partial charge in [-0.2, -0.15) is 5.10 Å². The summed E-state index contributed by atoms with van der Waals surface area (Å²) in [7, 11) is 5.51. The number of nitrogens with zero attached hydrogens (tertiary/aromatic N) is 3. The van der Waals surface area contributed by atoms with Gasteiger partial charge in [0, 0.05) is 19.6 Å². The van der Waals surface area contributed by atoms with Gasteiger partial charge < -0.3 is 10.1 Å². The van der Waals surface area contributed by atoms with E-state index in [1.807, 2.05) is 12.1 Å². The first-order chi connectivity index (χ1) is 12.5. The Morgan fingerprint density at radius 3 is 2.73 bits per heavy atom. The van der Waals surface area contributed by atoms with Crippen molar-refractivity contribution < 1.29 is 4.74 Å². The summed E-state index contributed by atoms with van der Waals surface area (Å²) in [6.07, 6.45) is 4.01. The van der Waals surface area contributed by atoms with Crippen molar-refractivity contribution in [3.05, 3.63) is 50.9 Å². The van der Waals surface area contributed by atoms with Gasteiger partial charge in [0.15, 0.2) is 0 Å². The molecule has 0 amide bonds. The first-order valence-electron chi connectivity index (χ1n) is 8.81. The van der Waals surface area contributed by atoms with E-state index >= 15 is 0 Å². The van der Waals surface area contributed by atoms with Gasteiger partial charge in [-0.3, -0.25) is 9.69 Å². The van der Waals surface area contributed by atoms with Crippen molar-refractivity contribution in [3.8, 4) is 5.75 Å². The summed E-state index contributed by atoms with van der Waals surface area (Å²) in [6.45, 7) is 1.87. The number of ether oxygens (including phenoxy) is 1. The molecule has 0 aliphatic carbocycles. The van der Waals surface area contributed by atoms with Crippen LogP contribution in [0.3, 0.4) is 0 Å². The van der Waals surface area contributed by atoms with Crippen molar-refractivity contribution in [1.29, 1.82) is 0 Å². The molecule has 1 aliphatic heterocycles. The maximum atomic E-state index is 12.0. The lowest BCUT2D eigenvalue weighted by Gasteiger charge is -2.40. The molecular formula is C19H25BrN4O2. The zero-order chi connectivity index (χ0) is 18.7. The van der Waals surface area contributed by atoms with Gasteiger partial charge in [-0.15, -0.1) is 0 Å². The Bertz CT molecular complexity index is 806. The fourth-order valence-corrected chi connectivity index (χ4v) is 4.18. The summed E-state index contributed by atoms with van der Waals surface area (Å²) < 4.78 is 7.13. The molecule has 26 heavy (non-hydrogen) atoms. The molecule has 1 fully saturated rings. The van der Waals surface area contributed by atoms with Crippen LogP contribution in [-0.4, -0.2) is 41.9 Å². The lowest BCUT2D eigenvalue weighted by Crippen LogP contribution is -2.39. The third kappa shape index (κ3) is 3.94. The Morgan fingerprint density at radius 1 is 1.31 bits per heavy atom. The van der Waals surface area contributed by atoms with Crippen LogP contribution in [0, 0.1) is 5.92 Å². The summed E-state index contributed by atoms with van der Waals surface area (Å²) in [4.78, 5) is 14.4. The minimum Gasteiger partial charge on any atom is -0.497 e. The van der Waals surface area contributed by atoms with Crippen LogP contribution < -0.4 is 15.6 Å². The quantitative estimate of drug-likeness (QED) is 0.805. The molecule has 1 N–H and O–H groups in total. The number of methoxy groups -OCH3 is 1. The van der Waals surface area contributed by atoms with Gasteiger partial charge in [-0.1, -0.05) is 12.1 Å². The van der Waals surface area contributed by atoms with Crippen molar-refractivity contribution in [2.75, 3.05) is 32.6 Å². The van der Waals surface area contributed by atoms with E-state index in [0.717, 1.165) is 30.9 Å². The fourth-order valence-electron chi connectivity index (χ4n) is 3.68. The van der Waals surface area contributed by atoms with Crippen LogP contribution in [0.1, 0.15) is 24.4 Å². The van der Waals surface area contributed by atoms with E-state index < -0.39 is 0 Å². The van der Waals surface area contributed by atoms with Gasteiger partial charge in [-0.05, 0) is 66.0 Å². The number of rotatable bonds is 5. The van der Waals surface area contributed by atoms with E-state index in [1.165, 1.54) is 16.7 Å². The lowest BCUT2D eigenvalue weighted by atomic mass is 9.85. The highest BCUT2D eigenvalue weighted by atomic mass is 79.9. The van der Waals surface area contributed by atoms with Crippen molar-refractivity contribution >= 4 is 21.6 Å². The number of likely N-dealkylation sites (tertiary alicyclic amines) is 1. The zero-order valence-corrected chi connectivity index (χ0v) is 17.0. The normalized spacial score (nSPS) is 20.8. The molecule has 3 rings (SSSR count). The first-order valence-corrected chi connectivity index (χ1v) is 9.60. The van der Waals surface area contributed by atoms with Gasteiger partial charge in [0.1, 0.15) is 10.2 Å². The van der Waals surface area contributed by atoms with Gasteiger partial charge in [-0.25, -0.2) is 4.68 Å². The number of aryl methyl sites for hydroxylation is 1. The van der Waals surface area contributed by atoms with Crippen LogP contribution in [-0.2, 0) is 7.05 Å². The molecule has 7 heteroatoms. The molecule has 1 aromatic heterocycles. The first kappa shape index (κ1) is 18.9. The Labute approximate surface area is 162 Å². The number of aromatic nitrogens is 2. The zero-order valence-electron chi connectivity index (χ0n) is 15.4. The van der Waals surface area contributed by atoms with Crippen molar-refractivity contribution in [1.82, 2.24) is 14.7 Å². The van der Waals surface area contributed by atoms with Crippen LogP contribution in [0.15, 0.2) is 39.7 Å². The molecule has 2 aromatic rings. The van der Waals surface area contributed by atoms with Crippen molar-refractivity contribution in [2.45, 2.75) is 18.9 Å². The number of anilines is 1. The van der Waals surface area contributed by atoms with Gasteiger partial charge in [0.05, 0.1) is 19.0 Å². The highest BCUT2D eigenvalue weighted by molar-refractivity contribution is 9.10. The van der Waals surface area contributed by atoms with Crippen molar-refractivity contribution in [2.24, 2.45) is 13.0 Å². The molecule has 2 heterocycles.